The average Bonchev–Trinajstić information content (AvgIpc) is 2.44. The molecule has 0 bridgehead atoms. The Hall–Kier alpha value is -1.82. The zero-order valence-corrected chi connectivity index (χ0v) is 12.0. The summed E-state index contributed by atoms with van der Waals surface area (Å²) < 4.78 is 12.7. The Morgan fingerprint density at radius 3 is 2.79 bits per heavy atom. The summed E-state index contributed by atoms with van der Waals surface area (Å²) in [6.45, 7) is 0.779. The Morgan fingerprint density at radius 2 is 2.05 bits per heavy atom. The van der Waals surface area contributed by atoms with E-state index in [1.807, 2.05) is 24.3 Å². The molecule has 0 saturated carbocycles. The van der Waals surface area contributed by atoms with E-state index < -0.39 is 0 Å². The summed E-state index contributed by atoms with van der Waals surface area (Å²) in [5, 5.41) is 0. The molecule has 0 saturated heterocycles. The molecule has 2 rings (SSSR count). The Kier molecular flexibility index (Phi) is 4.57. The number of rotatable bonds is 5. The molecule has 0 atom stereocenters. The number of ether oxygens (including phenoxy) is 2. The maximum Gasteiger partial charge on any atom is 0.267 e. The van der Waals surface area contributed by atoms with Crippen LogP contribution in [0.25, 0.3) is 0 Å². The molecule has 2 aromatic rings. The van der Waals surface area contributed by atoms with Crippen molar-refractivity contribution in [1.82, 2.24) is 9.55 Å². The van der Waals surface area contributed by atoms with Crippen molar-refractivity contribution in [1.29, 1.82) is 0 Å². The highest BCUT2D eigenvalue weighted by molar-refractivity contribution is 9.10. The summed E-state index contributed by atoms with van der Waals surface area (Å²) in [4.78, 5) is 15.7. The molecule has 6 heteroatoms. The first-order valence-electron chi connectivity index (χ1n) is 5.68. The molecule has 5 nitrogen and oxygen atoms in total. The van der Waals surface area contributed by atoms with Gasteiger partial charge >= 0.3 is 0 Å². The molecule has 0 fully saturated rings. The Morgan fingerprint density at radius 1 is 1.32 bits per heavy atom. The molecular weight excluding hydrogens is 312 g/mol. The number of benzene rings is 1. The topological polar surface area (TPSA) is 53.4 Å². The number of aromatic nitrogens is 2. The maximum atomic E-state index is 11.7. The van der Waals surface area contributed by atoms with E-state index >= 15 is 0 Å². The van der Waals surface area contributed by atoms with Crippen molar-refractivity contribution in [3.63, 3.8) is 0 Å². The average molecular weight is 325 g/mol. The fourth-order valence-corrected chi connectivity index (χ4v) is 1.92. The molecular formula is C13H13BrN2O3. The van der Waals surface area contributed by atoms with Crippen LogP contribution in [0.1, 0.15) is 0 Å². The highest BCUT2D eigenvalue weighted by atomic mass is 79.9. The lowest BCUT2D eigenvalue weighted by Gasteiger charge is -2.11. The first-order valence-corrected chi connectivity index (χ1v) is 6.47. The molecule has 100 valence electrons. The Labute approximate surface area is 118 Å². The van der Waals surface area contributed by atoms with Crippen LogP contribution in [0.15, 0.2) is 46.1 Å². The number of nitrogens with zero attached hydrogens (tertiary/aromatic N) is 2. The summed E-state index contributed by atoms with van der Waals surface area (Å²) >= 11 is 3.15. The Balaban J connectivity index is 2.00. The van der Waals surface area contributed by atoms with Gasteiger partial charge in [0.15, 0.2) is 11.5 Å². The molecule has 0 aliphatic carbocycles. The molecule has 0 amide bonds. The predicted molar refractivity (Wildman–Crippen MR) is 74.7 cm³/mol. The molecule has 1 aromatic carbocycles. The highest BCUT2D eigenvalue weighted by Gasteiger charge is 2.04. The molecule has 19 heavy (non-hydrogen) atoms. The van der Waals surface area contributed by atoms with E-state index in [-0.39, 0.29) is 5.56 Å². The summed E-state index contributed by atoms with van der Waals surface area (Å²) in [5.41, 5.74) is -0.126. The second-order valence-corrected chi connectivity index (χ2v) is 4.59. The quantitative estimate of drug-likeness (QED) is 0.845. The van der Waals surface area contributed by atoms with Crippen LogP contribution in [0.5, 0.6) is 11.5 Å². The van der Waals surface area contributed by atoms with Gasteiger partial charge in [-0.25, -0.2) is 4.98 Å². The van der Waals surface area contributed by atoms with Gasteiger partial charge in [-0.15, -0.1) is 0 Å². The molecule has 0 N–H and O–H groups in total. The van der Waals surface area contributed by atoms with Gasteiger partial charge in [0.2, 0.25) is 0 Å². The van der Waals surface area contributed by atoms with E-state index in [9.17, 15) is 4.79 Å². The molecule has 1 heterocycles. The van der Waals surface area contributed by atoms with Gasteiger partial charge in [-0.1, -0.05) is 12.1 Å². The van der Waals surface area contributed by atoms with Crippen molar-refractivity contribution in [2.45, 2.75) is 6.54 Å². The lowest BCUT2D eigenvalue weighted by Crippen LogP contribution is -2.23. The third-order valence-corrected chi connectivity index (χ3v) is 3.06. The molecule has 0 aliphatic heterocycles. The minimum Gasteiger partial charge on any atom is -0.493 e. The molecule has 0 aliphatic rings. The SMILES string of the molecule is COc1ccccc1OCCn1cncc(Br)c1=O. The number of halogens is 1. The molecule has 1 aromatic heterocycles. The van der Waals surface area contributed by atoms with E-state index in [0.29, 0.717) is 29.1 Å². The van der Waals surface area contributed by atoms with Crippen LogP contribution in [0, 0.1) is 0 Å². The van der Waals surface area contributed by atoms with Crippen LogP contribution in [0.4, 0.5) is 0 Å². The van der Waals surface area contributed by atoms with Crippen molar-refractivity contribution in [2.75, 3.05) is 13.7 Å². The highest BCUT2D eigenvalue weighted by Crippen LogP contribution is 2.25. The number of methoxy groups -OCH3 is 1. The van der Waals surface area contributed by atoms with Crippen LogP contribution >= 0.6 is 15.9 Å². The number of hydrogen-bond donors (Lipinski definition) is 0. The van der Waals surface area contributed by atoms with Crippen LogP contribution in [0.3, 0.4) is 0 Å². The summed E-state index contributed by atoms with van der Waals surface area (Å²) in [5.74, 6) is 1.32. The van der Waals surface area contributed by atoms with Gasteiger partial charge in [0.05, 0.1) is 20.0 Å². The van der Waals surface area contributed by atoms with Gasteiger partial charge in [-0.2, -0.15) is 0 Å². The number of hydrogen-bond acceptors (Lipinski definition) is 4. The fraction of sp³-hybridized carbons (Fsp3) is 0.231. The zero-order valence-electron chi connectivity index (χ0n) is 10.4. The van der Waals surface area contributed by atoms with Crippen molar-refractivity contribution in [3.05, 3.63) is 51.6 Å². The molecule has 0 spiro atoms. The van der Waals surface area contributed by atoms with E-state index in [1.54, 1.807) is 7.11 Å². The van der Waals surface area contributed by atoms with Crippen molar-refractivity contribution >= 4 is 15.9 Å². The van der Waals surface area contributed by atoms with Crippen LogP contribution in [-0.2, 0) is 6.54 Å². The lowest BCUT2D eigenvalue weighted by atomic mass is 10.3. The van der Waals surface area contributed by atoms with Gasteiger partial charge in [-0.05, 0) is 28.1 Å². The van der Waals surface area contributed by atoms with Crippen molar-refractivity contribution in [2.24, 2.45) is 0 Å². The van der Waals surface area contributed by atoms with Crippen molar-refractivity contribution in [3.8, 4) is 11.5 Å². The summed E-state index contributed by atoms with van der Waals surface area (Å²) in [7, 11) is 1.59. The molecule has 0 unspecified atom stereocenters. The third-order valence-electron chi connectivity index (χ3n) is 2.52. The fourth-order valence-electron chi connectivity index (χ4n) is 1.58. The predicted octanol–water partition coefficient (Wildman–Crippen LogP) is 2.09. The maximum absolute atomic E-state index is 11.7. The van der Waals surface area contributed by atoms with Gasteiger partial charge in [0.1, 0.15) is 11.1 Å². The lowest BCUT2D eigenvalue weighted by molar-refractivity contribution is 0.277. The second-order valence-electron chi connectivity index (χ2n) is 3.74. The van der Waals surface area contributed by atoms with E-state index in [4.69, 9.17) is 9.47 Å². The summed E-state index contributed by atoms with van der Waals surface area (Å²) in [6, 6.07) is 7.38. The van der Waals surface area contributed by atoms with Crippen LogP contribution in [0.2, 0.25) is 0 Å². The van der Waals surface area contributed by atoms with Crippen LogP contribution < -0.4 is 15.0 Å². The first kappa shape index (κ1) is 13.6. The minimum atomic E-state index is -0.126. The van der Waals surface area contributed by atoms with E-state index in [0.717, 1.165) is 0 Å². The largest absolute Gasteiger partial charge is 0.493 e. The van der Waals surface area contributed by atoms with Crippen LogP contribution in [-0.4, -0.2) is 23.3 Å². The van der Waals surface area contributed by atoms with E-state index in [1.165, 1.54) is 17.1 Å². The minimum absolute atomic E-state index is 0.126. The van der Waals surface area contributed by atoms with Gasteiger partial charge < -0.3 is 9.47 Å². The second kappa shape index (κ2) is 6.38. The smallest absolute Gasteiger partial charge is 0.267 e. The molecule has 0 radical (unpaired) electrons. The first-order chi connectivity index (χ1) is 9.22. The van der Waals surface area contributed by atoms with Gasteiger partial charge in [-0.3, -0.25) is 9.36 Å². The van der Waals surface area contributed by atoms with Gasteiger partial charge in [0, 0.05) is 6.20 Å². The van der Waals surface area contributed by atoms with E-state index in [2.05, 4.69) is 20.9 Å². The Bertz CT molecular complexity index is 613. The van der Waals surface area contributed by atoms with Gasteiger partial charge in [0.25, 0.3) is 5.56 Å². The monoisotopic (exact) mass is 324 g/mol. The standard InChI is InChI=1S/C13H13BrN2O3/c1-18-11-4-2-3-5-12(11)19-7-6-16-9-15-8-10(14)13(16)17/h2-5,8-9H,6-7H2,1H3. The zero-order chi connectivity index (χ0) is 13.7. The normalized spacial score (nSPS) is 10.2. The number of para-hydroxylation sites is 2. The third kappa shape index (κ3) is 3.35. The summed E-state index contributed by atoms with van der Waals surface area (Å²) in [6.07, 6.45) is 2.96. The van der Waals surface area contributed by atoms with Crippen molar-refractivity contribution < 1.29 is 9.47 Å².